The number of rotatable bonds is 3. The molecule has 1 N–H and O–H groups in total. The zero-order valence-corrected chi connectivity index (χ0v) is 9.12. The second kappa shape index (κ2) is 3.86. The second-order valence-corrected chi connectivity index (χ2v) is 6.26. The van der Waals surface area contributed by atoms with Crippen molar-refractivity contribution in [1.29, 1.82) is 0 Å². The summed E-state index contributed by atoms with van der Waals surface area (Å²) >= 11 is 0. The van der Waals surface area contributed by atoms with Gasteiger partial charge in [0.1, 0.15) is 0 Å². The number of carbonyl (C=O) groups is 1. The van der Waals surface area contributed by atoms with E-state index in [4.69, 9.17) is 5.11 Å². The summed E-state index contributed by atoms with van der Waals surface area (Å²) in [6.45, 7) is 3.65. The van der Waals surface area contributed by atoms with Gasteiger partial charge in [-0.2, -0.15) is 0 Å². The van der Waals surface area contributed by atoms with Crippen LogP contribution in [0.5, 0.6) is 0 Å². The van der Waals surface area contributed by atoms with E-state index in [9.17, 15) is 13.2 Å². The summed E-state index contributed by atoms with van der Waals surface area (Å²) < 4.78 is 24.5. The van der Waals surface area contributed by atoms with Crippen LogP contribution in [-0.2, 0) is 14.8 Å². The minimum absolute atomic E-state index is 0.121. The molecule has 0 aliphatic carbocycles. The van der Waals surface area contributed by atoms with Gasteiger partial charge in [-0.05, 0) is 20.3 Å². The van der Waals surface area contributed by atoms with E-state index in [0.717, 1.165) is 0 Å². The van der Waals surface area contributed by atoms with Gasteiger partial charge in [-0.3, -0.25) is 4.79 Å². The van der Waals surface area contributed by atoms with Gasteiger partial charge >= 0.3 is 5.97 Å². The number of hydrogen-bond acceptors (Lipinski definition) is 3. The molecule has 1 fully saturated rings. The molecule has 0 amide bonds. The molecule has 0 aromatic heterocycles. The topological polar surface area (TPSA) is 74.7 Å². The Labute approximate surface area is 83.8 Å². The fourth-order valence-corrected chi connectivity index (χ4v) is 2.80. The van der Waals surface area contributed by atoms with Crippen molar-refractivity contribution in [2.24, 2.45) is 5.92 Å². The third kappa shape index (κ3) is 2.06. The third-order valence-corrected chi connectivity index (χ3v) is 4.70. The highest BCUT2D eigenvalue weighted by atomic mass is 32.2. The Bertz CT molecular complexity index is 322. The van der Waals surface area contributed by atoms with Gasteiger partial charge < -0.3 is 5.11 Å². The molecule has 1 aliphatic rings. The molecule has 0 spiro atoms. The molecule has 1 atom stereocenters. The van der Waals surface area contributed by atoms with Gasteiger partial charge in [0, 0.05) is 13.1 Å². The van der Waals surface area contributed by atoms with Crippen LogP contribution in [-0.4, -0.2) is 42.1 Å². The number of hydrogen-bond donors (Lipinski definition) is 1. The molecule has 6 heteroatoms. The maximum absolute atomic E-state index is 11.6. The van der Waals surface area contributed by atoms with Gasteiger partial charge in [0.25, 0.3) is 0 Å². The second-order valence-electron chi connectivity index (χ2n) is 3.78. The van der Waals surface area contributed by atoms with Crippen molar-refractivity contribution in [1.82, 2.24) is 4.31 Å². The van der Waals surface area contributed by atoms with Gasteiger partial charge in [-0.1, -0.05) is 0 Å². The molecule has 14 heavy (non-hydrogen) atoms. The Kier molecular flexibility index (Phi) is 3.16. The van der Waals surface area contributed by atoms with Gasteiger partial charge in [-0.15, -0.1) is 0 Å². The van der Waals surface area contributed by atoms with Crippen LogP contribution < -0.4 is 0 Å². The monoisotopic (exact) mass is 221 g/mol. The van der Waals surface area contributed by atoms with Gasteiger partial charge in [0.15, 0.2) is 0 Å². The highest BCUT2D eigenvalue weighted by molar-refractivity contribution is 7.89. The lowest BCUT2D eigenvalue weighted by Gasteiger charge is -2.18. The van der Waals surface area contributed by atoms with Crippen molar-refractivity contribution >= 4 is 16.0 Å². The molecular weight excluding hydrogens is 206 g/mol. The molecule has 0 aromatic carbocycles. The van der Waals surface area contributed by atoms with E-state index in [1.54, 1.807) is 13.8 Å². The Morgan fingerprint density at radius 2 is 2.07 bits per heavy atom. The molecule has 5 nitrogen and oxygen atoms in total. The van der Waals surface area contributed by atoms with E-state index in [0.29, 0.717) is 13.0 Å². The Hall–Kier alpha value is -0.620. The average Bonchev–Trinajstić information content (AvgIpc) is 2.51. The summed E-state index contributed by atoms with van der Waals surface area (Å²) in [6, 6.07) is 0. The summed E-state index contributed by atoms with van der Waals surface area (Å²) in [7, 11) is -3.27. The molecule has 0 saturated carbocycles. The largest absolute Gasteiger partial charge is 0.481 e. The van der Waals surface area contributed by atoms with Crippen LogP contribution in [0, 0.1) is 5.92 Å². The first-order valence-corrected chi connectivity index (χ1v) is 6.07. The smallest absolute Gasteiger partial charge is 0.307 e. The quantitative estimate of drug-likeness (QED) is 0.735. The van der Waals surface area contributed by atoms with Crippen molar-refractivity contribution in [2.75, 3.05) is 13.1 Å². The summed E-state index contributed by atoms with van der Waals surface area (Å²) in [5.74, 6) is -1.45. The summed E-state index contributed by atoms with van der Waals surface area (Å²) in [5.41, 5.74) is 0. The Balaban J connectivity index is 2.72. The van der Waals surface area contributed by atoms with Crippen LogP contribution in [0.25, 0.3) is 0 Å². The van der Waals surface area contributed by atoms with Crippen molar-refractivity contribution in [3.05, 3.63) is 0 Å². The fraction of sp³-hybridized carbons (Fsp3) is 0.875. The number of carboxylic acid groups (broad SMARTS) is 1. The van der Waals surface area contributed by atoms with Crippen molar-refractivity contribution in [2.45, 2.75) is 25.5 Å². The molecule has 0 bridgehead atoms. The number of nitrogens with zero attached hydrogens (tertiary/aromatic N) is 1. The first-order valence-electron chi connectivity index (χ1n) is 4.57. The SMILES string of the molecule is CC(C)S(=O)(=O)N1CCC(C(=O)O)C1. The zero-order valence-electron chi connectivity index (χ0n) is 8.30. The number of sulfonamides is 1. The van der Waals surface area contributed by atoms with E-state index in [2.05, 4.69) is 0 Å². The van der Waals surface area contributed by atoms with Gasteiger partial charge in [0.2, 0.25) is 10.0 Å². The Morgan fingerprint density at radius 1 is 1.50 bits per heavy atom. The van der Waals surface area contributed by atoms with E-state index in [-0.39, 0.29) is 6.54 Å². The summed E-state index contributed by atoms with van der Waals surface area (Å²) in [6.07, 6.45) is 0.418. The predicted molar refractivity (Wildman–Crippen MR) is 51.4 cm³/mol. The average molecular weight is 221 g/mol. The predicted octanol–water partition coefficient (Wildman–Crippen LogP) is 0.131. The molecule has 1 rings (SSSR count). The molecule has 1 saturated heterocycles. The van der Waals surface area contributed by atoms with Crippen LogP contribution in [0.1, 0.15) is 20.3 Å². The van der Waals surface area contributed by atoms with E-state index < -0.39 is 27.2 Å². The van der Waals surface area contributed by atoms with Gasteiger partial charge in [0.05, 0.1) is 11.2 Å². The number of aliphatic carboxylic acids is 1. The maximum Gasteiger partial charge on any atom is 0.307 e. The fourth-order valence-electron chi connectivity index (χ4n) is 1.46. The van der Waals surface area contributed by atoms with Crippen LogP contribution in [0.2, 0.25) is 0 Å². The van der Waals surface area contributed by atoms with Crippen LogP contribution in [0.3, 0.4) is 0 Å². The molecule has 0 aromatic rings. The standard InChI is InChI=1S/C8H15NO4S/c1-6(2)14(12,13)9-4-3-7(5-9)8(10)11/h6-7H,3-5H2,1-2H3,(H,10,11). The summed E-state index contributed by atoms with van der Waals surface area (Å²) in [5, 5.41) is 8.24. The van der Waals surface area contributed by atoms with E-state index in [1.807, 2.05) is 0 Å². The van der Waals surface area contributed by atoms with Crippen LogP contribution in [0.15, 0.2) is 0 Å². The normalized spacial score (nSPS) is 24.4. The van der Waals surface area contributed by atoms with Crippen LogP contribution in [0.4, 0.5) is 0 Å². The molecule has 82 valence electrons. The lowest BCUT2D eigenvalue weighted by atomic mass is 10.1. The van der Waals surface area contributed by atoms with E-state index >= 15 is 0 Å². The molecule has 1 heterocycles. The third-order valence-electron chi connectivity index (χ3n) is 2.46. The lowest BCUT2D eigenvalue weighted by Crippen LogP contribution is -2.35. The molecule has 1 unspecified atom stereocenters. The van der Waals surface area contributed by atoms with E-state index in [1.165, 1.54) is 4.31 Å². The first kappa shape index (κ1) is 11.5. The lowest BCUT2D eigenvalue weighted by molar-refractivity contribution is -0.141. The van der Waals surface area contributed by atoms with Crippen LogP contribution >= 0.6 is 0 Å². The van der Waals surface area contributed by atoms with Crippen molar-refractivity contribution < 1.29 is 18.3 Å². The highest BCUT2D eigenvalue weighted by Gasteiger charge is 2.36. The molecular formula is C8H15NO4S. The van der Waals surface area contributed by atoms with Crippen molar-refractivity contribution in [3.8, 4) is 0 Å². The first-order chi connectivity index (χ1) is 6.35. The molecule has 1 aliphatic heterocycles. The maximum atomic E-state index is 11.6. The summed E-state index contributed by atoms with van der Waals surface area (Å²) in [4.78, 5) is 10.6. The zero-order chi connectivity index (χ0) is 10.9. The highest BCUT2D eigenvalue weighted by Crippen LogP contribution is 2.21. The van der Waals surface area contributed by atoms with Gasteiger partial charge in [-0.25, -0.2) is 12.7 Å². The number of carboxylic acids is 1. The Morgan fingerprint density at radius 3 is 2.43 bits per heavy atom. The molecule has 0 radical (unpaired) electrons. The minimum Gasteiger partial charge on any atom is -0.481 e. The van der Waals surface area contributed by atoms with Crippen molar-refractivity contribution in [3.63, 3.8) is 0 Å². The minimum atomic E-state index is -3.27.